The summed E-state index contributed by atoms with van der Waals surface area (Å²) in [5.41, 5.74) is 3.13. The van der Waals surface area contributed by atoms with Crippen molar-refractivity contribution in [1.29, 1.82) is 0 Å². The van der Waals surface area contributed by atoms with Crippen molar-refractivity contribution in [2.45, 2.75) is 19.9 Å². The minimum absolute atomic E-state index is 0.0555. The number of rotatable bonds is 3. The molecule has 0 aliphatic rings. The Kier molecular flexibility index (Phi) is 3.92. The molecule has 0 spiro atoms. The van der Waals surface area contributed by atoms with Gasteiger partial charge in [0.25, 0.3) is 0 Å². The van der Waals surface area contributed by atoms with Gasteiger partial charge in [0.1, 0.15) is 5.75 Å². The monoisotopic (exact) mass is 305 g/mol. The second kappa shape index (κ2) is 5.44. The van der Waals surface area contributed by atoms with Gasteiger partial charge in [-0.25, -0.2) is 0 Å². The molecule has 94 valence electrons. The number of hydrogen-bond acceptors (Lipinski definition) is 2. The molecule has 0 aliphatic heterocycles. The predicted octanol–water partition coefficient (Wildman–Crippen LogP) is 4.64. The zero-order chi connectivity index (χ0) is 13.1. The second-order valence-corrected chi connectivity index (χ2v) is 5.36. The van der Waals surface area contributed by atoms with Crippen molar-refractivity contribution in [2.75, 3.05) is 5.32 Å². The molecule has 3 heteroatoms. The fourth-order valence-corrected chi connectivity index (χ4v) is 2.61. The largest absolute Gasteiger partial charge is 0.508 e. The first-order valence-electron chi connectivity index (χ1n) is 5.88. The van der Waals surface area contributed by atoms with E-state index in [1.54, 1.807) is 6.07 Å². The Labute approximate surface area is 116 Å². The Morgan fingerprint density at radius 3 is 2.56 bits per heavy atom. The molecule has 0 bridgehead atoms. The minimum Gasteiger partial charge on any atom is -0.508 e. The lowest BCUT2D eigenvalue weighted by Gasteiger charge is -2.17. The van der Waals surface area contributed by atoms with E-state index in [0.717, 1.165) is 15.7 Å². The molecule has 2 nitrogen and oxygen atoms in total. The molecule has 2 aromatic carbocycles. The van der Waals surface area contributed by atoms with Gasteiger partial charge in [-0.05, 0) is 43.7 Å². The number of para-hydroxylation sites is 1. The van der Waals surface area contributed by atoms with Crippen LogP contribution in [0.3, 0.4) is 0 Å². The van der Waals surface area contributed by atoms with E-state index in [0.29, 0.717) is 5.75 Å². The average Bonchev–Trinajstić information content (AvgIpc) is 2.27. The molecule has 0 radical (unpaired) electrons. The molecule has 0 aromatic heterocycles. The molecule has 2 N–H and O–H groups in total. The highest BCUT2D eigenvalue weighted by Crippen LogP contribution is 2.28. The van der Waals surface area contributed by atoms with Crippen LogP contribution in [0.25, 0.3) is 0 Å². The third kappa shape index (κ3) is 3.05. The molecule has 0 saturated carbocycles. The Balaban J connectivity index is 2.21. The molecular formula is C15H16BrNO. The van der Waals surface area contributed by atoms with Crippen molar-refractivity contribution in [3.63, 3.8) is 0 Å². The number of benzene rings is 2. The highest BCUT2D eigenvalue weighted by Gasteiger charge is 2.09. The Bertz CT molecular complexity index is 534. The van der Waals surface area contributed by atoms with Crippen molar-refractivity contribution in [2.24, 2.45) is 0 Å². The number of aromatic hydroxyl groups is 1. The lowest BCUT2D eigenvalue weighted by molar-refractivity contribution is 0.465. The van der Waals surface area contributed by atoms with Gasteiger partial charge in [-0.3, -0.25) is 0 Å². The van der Waals surface area contributed by atoms with Crippen molar-refractivity contribution in [3.8, 4) is 5.75 Å². The van der Waals surface area contributed by atoms with Crippen LogP contribution in [-0.2, 0) is 0 Å². The highest BCUT2D eigenvalue weighted by molar-refractivity contribution is 9.10. The maximum absolute atomic E-state index is 9.82. The van der Waals surface area contributed by atoms with Crippen molar-refractivity contribution >= 4 is 21.6 Å². The average molecular weight is 306 g/mol. The van der Waals surface area contributed by atoms with E-state index in [2.05, 4.69) is 40.3 Å². The van der Waals surface area contributed by atoms with Gasteiger partial charge in [0.15, 0.2) is 0 Å². The highest BCUT2D eigenvalue weighted by atomic mass is 79.9. The van der Waals surface area contributed by atoms with Crippen LogP contribution in [0.2, 0.25) is 0 Å². The van der Waals surface area contributed by atoms with Crippen LogP contribution in [0, 0.1) is 6.92 Å². The molecule has 2 aromatic rings. The van der Waals surface area contributed by atoms with Crippen LogP contribution in [0.1, 0.15) is 24.1 Å². The summed E-state index contributed by atoms with van der Waals surface area (Å²) in [7, 11) is 0. The maximum Gasteiger partial charge on any atom is 0.120 e. The van der Waals surface area contributed by atoms with Gasteiger partial charge in [0.2, 0.25) is 0 Å². The van der Waals surface area contributed by atoms with Gasteiger partial charge in [-0.15, -0.1) is 0 Å². The zero-order valence-electron chi connectivity index (χ0n) is 10.4. The van der Waals surface area contributed by atoms with E-state index in [1.165, 1.54) is 5.56 Å². The number of anilines is 1. The molecule has 0 fully saturated rings. The molecule has 0 amide bonds. The fraction of sp³-hybridized carbons (Fsp3) is 0.200. The van der Waals surface area contributed by atoms with E-state index in [1.807, 2.05) is 31.2 Å². The molecule has 0 heterocycles. The fourth-order valence-electron chi connectivity index (χ4n) is 2.00. The van der Waals surface area contributed by atoms with Crippen LogP contribution >= 0.6 is 15.9 Å². The third-order valence-corrected chi connectivity index (χ3v) is 3.29. The summed E-state index contributed by atoms with van der Waals surface area (Å²) in [6.45, 7) is 4.09. The molecular weight excluding hydrogens is 290 g/mol. The van der Waals surface area contributed by atoms with Crippen LogP contribution in [0.15, 0.2) is 46.9 Å². The number of aryl methyl sites for hydroxylation is 1. The smallest absolute Gasteiger partial charge is 0.120 e. The van der Waals surface area contributed by atoms with Gasteiger partial charge in [0.05, 0.1) is 6.04 Å². The predicted molar refractivity (Wildman–Crippen MR) is 79.0 cm³/mol. The molecule has 0 saturated heterocycles. The maximum atomic E-state index is 9.82. The summed E-state index contributed by atoms with van der Waals surface area (Å²) in [6, 6.07) is 13.6. The Morgan fingerprint density at radius 1 is 1.17 bits per heavy atom. The summed E-state index contributed by atoms with van der Waals surface area (Å²) in [4.78, 5) is 0. The SMILES string of the molecule is Cc1cc(Br)cc(NC(C)c2ccccc2O)c1. The van der Waals surface area contributed by atoms with Gasteiger partial charge >= 0.3 is 0 Å². The third-order valence-electron chi connectivity index (χ3n) is 2.83. The lowest BCUT2D eigenvalue weighted by atomic mass is 10.1. The van der Waals surface area contributed by atoms with Gasteiger partial charge in [-0.1, -0.05) is 34.1 Å². The zero-order valence-corrected chi connectivity index (χ0v) is 12.0. The standard InChI is InChI=1S/C15H16BrNO/c1-10-7-12(16)9-13(8-10)17-11(2)14-5-3-4-6-15(14)18/h3-9,11,17-18H,1-2H3. The van der Waals surface area contributed by atoms with Crippen LogP contribution in [-0.4, -0.2) is 5.11 Å². The molecule has 1 atom stereocenters. The molecule has 2 rings (SSSR count). The van der Waals surface area contributed by atoms with E-state index >= 15 is 0 Å². The van der Waals surface area contributed by atoms with Crippen LogP contribution < -0.4 is 5.32 Å². The van der Waals surface area contributed by atoms with Gasteiger partial charge < -0.3 is 10.4 Å². The first kappa shape index (κ1) is 13.0. The summed E-state index contributed by atoms with van der Waals surface area (Å²) in [5, 5.41) is 13.2. The quantitative estimate of drug-likeness (QED) is 0.866. The number of halogens is 1. The van der Waals surface area contributed by atoms with Crippen molar-refractivity contribution in [3.05, 3.63) is 58.1 Å². The van der Waals surface area contributed by atoms with E-state index in [4.69, 9.17) is 0 Å². The van der Waals surface area contributed by atoms with E-state index in [9.17, 15) is 5.11 Å². The van der Waals surface area contributed by atoms with Crippen LogP contribution in [0.4, 0.5) is 5.69 Å². The van der Waals surface area contributed by atoms with Crippen molar-refractivity contribution in [1.82, 2.24) is 0 Å². The first-order chi connectivity index (χ1) is 8.56. The summed E-state index contributed by atoms with van der Waals surface area (Å²) >= 11 is 3.48. The number of phenols is 1. The lowest BCUT2D eigenvalue weighted by Crippen LogP contribution is -2.06. The minimum atomic E-state index is 0.0555. The molecule has 0 aliphatic carbocycles. The summed E-state index contributed by atoms with van der Waals surface area (Å²) < 4.78 is 1.05. The summed E-state index contributed by atoms with van der Waals surface area (Å²) in [6.07, 6.45) is 0. The van der Waals surface area contributed by atoms with Gasteiger partial charge in [0, 0.05) is 15.7 Å². The number of nitrogens with one attached hydrogen (secondary N) is 1. The van der Waals surface area contributed by atoms with E-state index < -0.39 is 0 Å². The Morgan fingerprint density at radius 2 is 1.89 bits per heavy atom. The van der Waals surface area contributed by atoms with E-state index in [-0.39, 0.29) is 6.04 Å². The number of hydrogen-bond donors (Lipinski definition) is 2. The first-order valence-corrected chi connectivity index (χ1v) is 6.67. The van der Waals surface area contributed by atoms with Gasteiger partial charge in [-0.2, -0.15) is 0 Å². The molecule has 1 unspecified atom stereocenters. The Hall–Kier alpha value is -1.48. The topological polar surface area (TPSA) is 32.3 Å². The normalized spacial score (nSPS) is 12.2. The number of phenolic OH excluding ortho intramolecular Hbond substituents is 1. The molecule has 18 heavy (non-hydrogen) atoms. The van der Waals surface area contributed by atoms with Crippen LogP contribution in [0.5, 0.6) is 5.75 Å². The second-order valence-electron chi connectivity index (χ2n) is 4.44. The van der Waals surface area contributed by atoms with Crippen molar-refractivity contribution < 1.29 is 5.11 Å². The summed E-state index contributed by atoms with van der Waals surface area (Å²) in [5.74, 6) is 0.323.